The quantitative estimate of drug-likeness (QED) is 0.578. The molecule has 0 amide bonds. The first-order valence-electron chi connectivity index (χ1n) is 3.83. The molecule has 0 aliphatic heterocycles. The molecule has 0 bridgehead atoms. The summed E-state index contributed by atoms with van der Waals surface area (Å²) in [5.41, 5.74) is 3.36. The maximum absolute atomic E-state index is 5.98. The van der Waals surface area contributed by atoms with Crippen LogP contribution in [0.3, 0.4) is 0 Å². The summed E-state index contributed by atoms with van der Waals surface area (Å²) in [5, 5.41) is 1.57. The highest BCUT2D eigenvalue weighted by molar-refractivity contribution is 9.09. The van der Waals surface area contributed by atoms with Gasteiger partial charge in [-0.2, -0.15) is 0 Å². The molecule has 12 heavy (non-hydrogen) atoms. The fourth-order valence-electron chi connectivity index (χ4n) is 1.21. The van der Waals surface area contributed by atoms with E-state index in [0.29, 0.717) is 5.15 Å². The van der Waals surface area contributed by atoms with Gasteiger partial charge in [0.15, 0.2) is 0 Å². The fourth-order valence-corrected chi connectivity index (χ4v) is 1.99. The monoisotopic (exact) mass is 247 g/mol. The highest BCUT2D eigenvalue weighted by atomic mass is 79.9. The molecule has 0 radical (unpaired) electrons. The summed E-state index contributed by atoms with van der Waals surface area (Å²) in [5.74, 6) is 0. The van der Waals surface area contributed by atoms with E-state index in [1.54, 1.807) is 0 Å². The van der Waals surface area contributed by atoms with Crippen LogP contribution in [0.1, 0.15) is 16.8 Å². The first kappa shape index (κ1) is 10.0. The maximum atomic E-state index is 5.98. The fraction of sp³-hybridized carbons (Fsp3) is 0.444. The van der Waals surface area contributed by atoms with Crippen LogP contribution >= 0.6 is 27.5 Å². The predicted molar refractivity (Wildman–Crippen MR) is 56.2 cm³/mol. The smallest absolute Gasteiger partial charge is 0.132 e. The molecule has 0 spiro atoms. The van der Waals surface area contributed by atoms with Crippen molar-refractivity contribution in [2.75, 3.05) is 5.33 Å². The van der Waals surface area contributed by atoms with Crippen LogP contribution in [0, 0.1) is 13.8 Å². The van der Waals surface area contributed by atoms with Crippen molar-refractivity contribution < 1.29 is 0 Å². The Morgan fingerprint density at radius 2 is 2.17 bits per heavy atom. The molecule has 1 rings (SSSR count). The molecule has 0 aliphatic carbocycles. The summed E-state index contributed by atoms with van der Waals surface area (Å²) in [4.78, 5) is 4.20. The molecule has 0 fully saturated rings. The van der Waals surface area contributed by atoms with Crippen molar-refractivity contribution >= 4 is 27.5 Å². The van der Waals surface area contributed by atoms with Gasteiger partial charge in [-0.15, -0.1) is 0 Å². The SMILES string of the molecule is Cc1cc(C)c(CCBr)c(Cl)n1. The van der Waals surface area contributed by atoms with Crippen molar-refractivity contribution in [2.45, 2.75) is 20.3 Å². The number of alkyl halides is 1. The Hall–Kier alpha value is -0.0800. The van der Waals surface area contributed by atoms with Crippen LogP contribution in [0.15, 0.2) is 6.07 Å². The lowest BCUT2D eigenvalue weighted by Gasteiger charge is -2.06. The number of pyridine rings is 1. The molecule has 0 unspecified atom stereocenters. The number of halogens is 2. The second-order valence-corrected chi connectivity index (χ2v) is 3.94. The average molecular weight is 249 g/mol. The first-order chi connectivity index (χ1) is 5.65. The Kier molecular flexibility index (Phi) is 3.53. The van der Waals surface area contributed by atoms with Crippen LogP contribution in [0.5, 0.6) is 0 Å². The number of rotatable bonds is 2. The minimum atomic E-state index is 0.645. The minimum Gasteiger partial charge on any atom is -0.241 e. The molecule has 0 aromatic carbocycles. The lowest BCUT2D eigenvalue weighted by molar-refractivity contribution is 1.06. The van der Waals surface area contributed by atoms with Crippen molar-refractivity contribution in [3.63, 3.8) is 0 Å². The number of aryl methyl sites for hydroxylation is 2. The Morgan fingerprint density at radius 3 is 2.67 bits per heavy atom. The Morgan fingerprint density at radius 1 is 1.50 bits per heavy atom. The largest absolute Gasteiger partial charge is 0.241 e. The van der Waals surface area contributed by atoms with Gasteiger partial charge in [0.25, 0.3) is 0 Å². The second-order valence-electron chi connectivity index (χ2n) is 2.79. The predicted octanol–water partition coefficient (Wildman–Crippen LogP) is 3.29. The molecule has 3 heteroatoms. The molecule has 0 atom stereocenters. The summed E-state index contributed by atoms with van der Waals surface area (Å²) in [7, 11) is 0. The summed E-state index contributed by atoms with van der Waals surface area (Å²) in [6.07, 6.45) is 0.942. The normalized spacial score (nSPS) is 10.3. The molecule has 0 saturated heterocycles. The van der Waals surface area contributed by atoms with Crippen molar-refractivity contribution in [2.24, 2.45) is 0 Å². The van der Waals surface area contributed by atoms with Crippen LogP contribution in [-0.4, -0.2) is 10.3 Å². The summed E-state index contributed by atoms with van der Waals surface area (Å²) >= 11 is 9.37. The molecule has 1 nitrogen and oxygen atoms in total. The first-order valence-corrected chi connectivity index (χ1v) is 5.33. The van der Waals surface area contributed by atoms with Gasteiger partial charge in [-0.1, -0.05) is 27.5 Å². The Labute approximate surface area is 86.3 Å². The van der Waals surface area contributed by atoms with Crippen LogP contribution < -0.4 is 0 Å². The standard InChI is InChI=1S/C9H11BrClN/c1-6-5-7(2)12-9(11)8(6)3-4-10/h5H,3-4H2,1-2H3. The third kappa shape index (κ3) is 2.20. The lowest BCUT2D eigenvalue weighted by atomic mass is 10.1. The van der Waals surface area contributed by atoms with E-state index in [2.05, 4.69) is 33.9 Å². The summed E-state index contributed by atoms with van der Waals surface area (Å²) < 4.78 is 0. The number of nitrogens with zero attached hydrogens (tertiary/aromatic N) is 1. The van der Waals surface area contributed by atoms with Crippen LogP contribution in [-0.2, 0) is 6.42 Å². The van der Waals surface area contributed by atoms with E-state index in [9.17, 15) is 0 Å². The number of aromatic nitrogens is 1. The zero-order valence-electron chi connectivity index (χ0n) is 7.19. The van der Waals surface area contributed by atoms with E-state index in [1.165, 1.54) is 5.56 Å². The van der Waals surface area contributed by atoms with Gasteiger partial charge in [-0.05, 0) is 37.5 Å². The molecule has 66 valence electrons. The van der Waals surface area contributed by atoms with Gasteiger partial charge in [0.1, 0.15) is 5.15 Å². The van der Waals surface area contributed by atoms with Crippen molar-refractivity contribution in [1.82, 2.24) is 4.98 Å². The van der Waals surface area contributed by atoms with E-state index in [1.807, 2.05) is 6.92 Å². The average Bonchev–Trinajstić information content (AvgIpc) is 1.96. The minimum absolute atomic E-state index is 0.645. The molecular weight excluding hydrogens is 237 g/mol. The van der Waals surface area contributed by atoms with E-state index in [4.69, 9.17) is 11.6 Å². The third-order valence-corrected chi connectivity index (χ3v) is 2.48. The van der Waals surface area contributed by atoms with Gasteiger partial charge in [-0.25, -0.2) is 4.98 Å². The van der Waals surface area contributed by atoms with Gasteiger partial charge in [-0.3, -0.25) is 0 Å². The maximum Gasteiger partial charge on any atom is 0.132 e. The van der Waals surface area contributed by atoms with Crippen molar-refractivity contribution in [3.05, 3.63) is 28.0 Å². The van der Waals surface area contributed by atoms with E-state index in [-0.39, 0.29) is 0 Å². The molecular formula is C9H11BrClN. The van der Waals surface area contributed by atoms with Gasteiger partial charge in [0.2, 0.25) is 0 Å². The summed E-state index contributed by atoms with van der Waals surface area (Å²) in [6.45, 7) is 4.02. The molecule has 1 aromatic rings. The van der Waals surface area contributed by atoms with Gasteiger partial charge >= 0.3 is 0 Å². The molecule has 1 aromatic heterocycles. The molecule has 0 aliphatic rings. The zero-order chi connectivity index (χ0) is 9.14. The van der Waals surface area contributed by atoms with Gasteiger partial charge < -0.3 is 0 Å². The van der Waals surface area contributed by atoms with Gasteiger partial charge in [0, 0.05) is 11.0 Å². The van der Waals surface area contributed by atoms with Crippen LogP contribution in [0.25, 0.3) is 0 Å². The Balaban J connectivity index is 3.10. The molecule has 0 saturated carbocycles. The summed E-state index contributed by atoms with van der Waals surface area (Å²) in [6, 6.07) is 2.06. The van der Waals surface area contributed by atoms with Crippen molar-refractivity contribution in [3.8, 4) is 0 Å². The lowest BCUT2D eigenvalue weighted by Crippen LogP contribution is -1.96. The highest BCUT2D eigenvalue weighted by Gasteiger charge is 2.05. The van der Waals surface area contributed by atoms with Crippen LogP contribution in [0.4, 0.5) is 0 Å². The zero-order valence-corrected chi connectivity index (χ0v) is 9.54. The van der Waals surface area contributed by atoms with Crippen molar-refractivity contribution in [1.29, 1.82) is 0 Å². The second kappa shape index (κ2) is 4.24. The highest BCUT2D eigenvalue weighted by Crippen LogP contribution is 2.19. The molecule has 0 N–H and O–H groups in total. The van der Waals surface area contributed by atoms with Crippen LogP contribution in [0.2, 0.25) is 5.15 Å². The van der Waals surface area contributed by atoms with E-state index in [0.717, 1.165) is 23.0 Å². The Bertz CT molecular complexity index is 263. The number of hydrogen-bond donors (Lipinski definition) is 0. The topological polar surface area (TPSA) is 12.9 Å². The number of hydrogen-bond acceptors (Lipinski definition) is 1. The van der Waals surface area contributed by atoms with Gasteiger partial charge in [0.05, 0.1) is 0 Å². The van der Waals surface area contributed by atoms with E-state index < -0.39 is 0 Å². The van der Waals surface area contributed by atoms with E-state index >= 15 is 0 Å². The third-order valence-electron chi connectivity index (χ3n) is 1.77. The molecule has 1 heterocycles.